The number of carbonyl (C=O) groups is 3. The normalized spacial score (nSPS) is 18.7. The Hall–Kier alpha value is -2.17. The van der Waals surface area contributed by atoms with Gasteiger partial charge in [-0.05, 0) is 25.0 Å². The minimum Gasteiger partial charge on any atom is -0.480 e. The molecular weight excluding hydrogens is 234 g/mol. The topological polar surface area (TPSA) is 74.7 Å². The Bertz CT molecular complexity index is 480. The largest absolute Gasteiger partial charge is 0.480 e. The van der Waals surface area contributed by atoms with Crippen LogP contribution in [0.2, 0.25) is 0 Å². The molecule has 94 valence electrons. The van der Waals surface area contributed by atoms with Crippen molar-refractivity contribution in [3.8, 4) is 0 Å². The fourth-order valence-electron chi connectivity index (χ4n) is 2.14. The number of nitrogens with zero attached hydrogens (tertiary/aromatic N) is 1. The lowest BCUT2D eigenvalue weighted by molar-refractivity contribution is -0.141. The van der Waals surface area contributed by atoms with E-state index in [-0.39, 0.29) is 5.91 Å². The molecule has 5 heteroatoms. The highest BCUT2D eigenvalue weighted by molar-refractivity contribution is 5.97. The first-order chi connectivity index (χ1) is 8.63. The molecule has 1 heterocycles. The van der Waals surface area contributed by atoms with Gasteiger partial charge < -0.3 is 10.0 Å². The van der Waals surface area contributed by atoms with Gasteiger partial charge in [-0.2, -0.15) is 0 Å². The van der Waals surface area contributed by atoms with E-state index < -0.39 is 12.0 Å². The van der Waals surface area contributed by atoms with Gasteiger partial charge in [-0.25, -0.2) is 4.79 Å². The first-order valence-corrected chi connectivity index (χ1v) is 5.72. The van der Waals surface area contributed by atoms with E-state index in [9.17, 15) is 14.4 Å². The van der Waals surface area contributed by atoms with E-state index in [4.69, 9.17) is 5.11 Å². The summed E-state index contributed by atoms with van der Waals surface area (Å²) in [5.41, 5.74) is 0.900. The van der Waals surface area contributed by atoms with Crippen molar-refractivity contribution < 1.29 is 19.5 Å². The Morgan fingerprint density at radius 2 is 1.94 bits per heavy atom. The summed E-state index contributed by atoms with van der Waals surface area (Å²) >= 11 is 0. The highest BCUT2D eigenvalue weighted by Crippen LogP contribution is 2.20. The first-order valence-electron chi connectivity index (χ1n) is 5.72. The minimum absolute atomic E-state index is 0.294. The second-order valence-electron chi connectivity index (χ2n) is 4.23. The van der Waals surface area contributed by atoms with Gasteiger partial charge in [0, 0.05) is 17.7 Å². The van der Waals surface area contributed by atoms with Crippen LogP contribution in [0.1, 0.15) is 33.6 Å². The van der Waals surface area contributed by atoms with Crippen molar-refractivity contribution in [3.63, 3.8) is 0 Å². The van der Waals surface area contributed by atoms with Gasteiger partial charge >= 0.3 is 5.97 Å². The standard InChI is InChI=1S/C13H13NO4/c15-8-9-3-5-10(6-4-9)12(16)14-7-1-2-11(14)13(17)18/h3-6,8,11H,1-2,7H2,(H,17,18)/t11-/m1/s1. The van der Waals surface area contributed by atoms with E-state index in [2.05, 4.69) is 0 Å². The fourth-order valence-corrected chi connectivity index (χ4v) is 2.14. The van der Waals surface area contributed by atoms with Crippen molar-refractivity contribution in [1.82, 2.24) is 4.90 Å². The molecule has 2 rings (SSSR count). The molecule has 1 N–H and O–H groups in total. The zero-order chi connectivity index (χ0) is 13.1. The number of amides is 1. The van der Waals surface area contributed by atoms with Gasteiger partial charge in [-0.3, -0.25) is 9.59 Å². The maximum atomic E-state index is 12.1. The number of aliphatic carboxylic acids is 1. The molecule has 1 aromatic carbocycles. The molecule has 0 unspecified atom stereocenters. The Morgan fingerprint density at radius 3 is 2.50 bits per heavy atom. The lowest BCUT2D eigenvalue weighted by Gasteiger charge is -2.21. The smallest absolute Gasteiger partial charge is 0.326 e. The number of carboxylic acid groups (broad SMARTS) is 1. The molecule has 1 atom stereocenters. The molecule has 0 aromatic heterocycles. The third kappa shape index (κ3) is 2.25. The molecule has 0 saturated carbocycles. The van der Waals surface area contributed by atoms with E-state index in [1.54, 1.807) is 24.3 Å². The van der Waals surface area contributed by atoms with Gasteiger partial charge in [0.05, 0.1) is 0 Å². The molecule has 1 saturated heterocycles. The van der Waals surface area contributed by atoms with Crippen LogP contribution in [0, 0.1) is 0 Å². The van der Waals surface area contributed by atoms with E-state index in [0.29, 0.717) is 36.8 Å². The van der Waals surface area contributed by atoms with Crippen LogP contribution in [0.5, 0.6) is 0 Å². The SMILES string of the molecule is O=Cc1ccc(C(=O)N2CCC[C@@H]2C(=O)O)cc1. The quantitative estimate of drug-likeness (QED) is 0.814. The lowest BCUT2D eigenvalue weighted by Crippen LogP contribution is -2.40. The summed E-state index contributed by atoms with van der Waals surface area (Å²) in [4.78, 5) is 35.0. The molecule has 0 aliphatic carbocycles. The Morgan fingerprint density at radius 1 is 1.28 bits per heavy atom. The zero-order valence-electron chi connectivity index (χ0n) is 9.70. The van der Waals surface area contributed by atoms with Gasteiger partial charge in [0.1, 0.15) is 12.3 Å². The number of carboxylic acids is 1. The van der Waals surface area contributed by atoms with E-state index >= 15 is 0 Å². The Balaban J connectivity index is 2.19. The average Bonchev–Trinajstić information content (AvgIpc) is 2.87. The zero-order valence-corrected chi connectivity index (χ0v) is 9.70. The van der Waals surface area contributed by atoms with E-state index in [1.165, 1.54) is 4.90 Å². The molecular formula is C13H13NO4. The summed E-state index contributed by atoms with van der Waals surface area (Å²) in [6.45, 7) is 0.464. The molecule has 18 heavy (non-hydrogen) atoms. The van der Waals surface area contributed by atoms with Gasteiger partial charge in [0.15, 0.2) is 0 Å². The maximum Gasteiger partial charge on any atom is 0.326 e. The molecule has 1 aromatic rings. The number of likely N-dealkylation sites (tertiary alicyclic amines) is 1. The predicted octanol–water partition coefficient (Wildman–Crippen LogP) is 1.19. The number of carbonyl (C=O) groups excluding carboxylic acids is 2. The van der Waals surface area contributed by atoms with Crippen molar-refractivity contribution >= 4 is 18.2 Å². The second-order valence-corrected chi connectivity index (χ2v) is 4.23. The average molecular weight is 247 g/mol. The van der Waals surface area contributed by atoms with Crippen LogP contribution in [-0.4, -0.2) is 40.8 Å². The van der Waals surface area contributed by atoms with Crippen molar-refractivity contribution in [2.75, 3.05) is 6.54 Å². The molecule has 1 fully saturated rings. The Labute approximate surface area is 104 Å². The van der Waals surface area contributed by atoms with Crippen LogP contribution in [0.3, 0.4) is 0 Å². The minimum atomic E-state index is -0.967. The van der Waals surface area contributed by atoms with Gasteiger partial charge in [0.25, 0.3) is 5.91 Å². The summed E-state index contributed by atoms with van der Waals surface area (Å²) in [5.74, 6) is -1.26. The van der Waals surface area contributed by atoms with Crippen molar-refractivity contribution in [2.45, 2.75) is 18.9 Å². The van der Waals surface area contributed by atoms with Crippen LogP contribution >= 0.6 is 0 Å². The molecule has 1 aliphatic heterocycles. The molecule has 1 amide bonds. The monoisotopic (exact) mass is 247 g/mol. The second kappa shape index (κ2) is 5.00. The highest BCUT2D eigenvalue weighted by atomic mass is 16.4. The summed E-state index contributed by atoms with van der Waals surface area (Å²) < 4.78 is 0. The number of benzene rings is 1. The van der Waals surface area contributed by atoms with E-state index in [1.807, 2.05) is 0 Å². The summed E-state index contributed by atoms with van der Waals surface area (Å²) in [6.07, 6.45) is 1.90. The van der Waals surface area contributed by atoms with Gasteiger partial charge in [-0.1, -0.05) is 12.1 Å². The number of rotatable bonds is 3. The predicted molar refractivity (Wildman–Crippen MR) is 63.5 cm³/mol. The first kappa shape index (κ1) is 12.3. The fraction of sp³-hybridized carbons (Fsp3) is 0.308. The van der Waals surface area contributed by atoms with Crippen molar-refractivity contribution in [3.05, 3.63) is 35.4 Å². The summed E-state index contributed by atoms with van der Waals surface area (Å²) in [5, 5.41) is 9.02. The van der Waals surface area contributed by atoms with Crippen LogP contribution < -0.4 is 0 Å². The van der Waals surface area contributed by atoms with Crippen LogP contribution in [0.25, 0.3) is 0 Å². The number of hydrogen-bond donors (Lipinski definition) is 1. The molecule has 0 bridgehead atoms. The van der Waals surface area contributed by atoms with Crippen molar-refractivity contribution in [1.29, 1.82) is 0 Å². The molecule has 0 radical (unpaired) electrons. The summed E-state index contributed by atoms with van der Waals surface area (Å²) in [7, 11) is 0. The van der Waals surface area contributed by atoms with Gasteiger partial charge in [0.2, 0.25) is 0 Å². The molecule has 5 nitrogen and oxygen atoms in total. The van der Waals surface area contributed by atoms with Crippen molar-refractivity contribution in [2.24, 2.45) is 0 Å². The van der Waals surface area contributed by atoms with Crippen LogP contribution in [0.4, 0.5) is 0 Å². The Kier molecular flexibility index (Phi) is 3.41. The third-order valence-corrected chi connectivity index (χ3v) is 3.09. The summed E-state index contributed by atoms with van der Waals surface area (Å²) in [6, 6.07) is 5.45. The lowest BCUT2D eigenvalue weighted by atomic mass is 10.1. The molecule has 1 aliphatic rings. The van der Waals surface area contributed by atoms with Crippen LogP contribution in [-0.2, 0) is 4.79 Å². The maximum absolute atomic E-state index is 12.1. The van der Waals surface area contributed by atoms with Gasteiger partial charge in [-0.15, -0.1) is 0 Å². The molecule has 0 spiro atoms. The van der Waals surface area contributed by atoms with E-state index in [0.717, 1.165) is 0 Å². The van der Waals surface area contributed by atoms with Crippen LogP contribution in [0.15, 0.2) is 24.3 Å². The number of hydrogen-bond acceptors (Lipinski definition) is 3. The third-order valence-electron chi connectivity index (χ3n) is 3.09. The number of aldehydes is 1. The highest BCUT2D eigenvalue weighted by Gasteiger charge is 2.34.